The normalized spacial score (nSPS) is 16.0. The van der Waals surface area contributed by atoms with Gasteiger partial charge in [-0.2, -0.15) is 0 Å². The molecule has 6 heteroatoms. The summed E-state index contributed by atoms with van der Waals surface area (Å²) in [7, 11) is 2.19. The molecule has 3 aromatic carbocycles. The van der Waals surface area contributed by atoms with Crippen LogP contribution in [0.3, 0.4) is 0 Å². The average molecular weight is 491 g/mol. The number of pyridine rings is 1. The molecule has 0 amide bonds. The zero-order valence-electron chi connectivity index (χ0n) is 19.2. The summed E-state index contributed by atoms with van der Waals surface area (Å²) in [5.41, 5.74) is 5.57. The molecule has 1 atom stereocenters. The number of halogens is 2. The summed E-state index contributed by atoms with van der Waals surface area (Å²) in [6.07, 6.45) is 1.82. The van der Waals surface area contributed by atoms with Gasteiger partial charge in [-0.1, -0.05) is 59.6 Å². The zero-order valence-corrected chi connectivity index (χ0v) is 20.7. The van der Waals surface area contributed by atoms with E-state index in [1.54, 1.807) is 0 Å². The summed E-state index contributed by atoms with van der Waals surface area (Å²) in [5, 5.41) is 6.21. The molecule has 0 aliphatic carbocycles. The number of likely N-dealkylation sites (N-methyl/N-ethyl adjacent to an activating group) is 1. The van der Waals surface area contributed by atoms with Crippen LogP contribution in [0.5, 0.6) is 0 Å². The highest BCUT2D eigenvalue weighted by Crippen LogP contribution is 2.32. The molecular weight excluding hydrogens is 463 g/mol. The third-order valence-corrected chi connectivity index (χ3v) is 7.01. The maximum absolute atomic E-state index is 6.20. The lowest BCUT2D eigenvalue weighted by Gasteiger charge is -2.32. The summed E-state index contributed by atoms with van der Waals surface area (Å²) >= 11 is 12.4. The molecule has 0 bridgehead atoms. The second kappa shape index (κ2) is 10.3. The Morgan fingerprint density at radius 1 is 0.824 bits per heavy atom. The second-order valence-corrected chi connectivity index (χ2v) is 9.84. The first kappa shape index (κ1) is 23.1. The van der Waals surface area contributed by atoms with Crippen molar-refractivity contribution in [2.45, 2.75) is 12.6 Å². The highest BCUT2D eigenvalue weighted by molar-refractivity contribution is 6.31. The van der Waals surface area contributed by atoms with E-state index >= 15 is 0 Å². The zero-order chi connectivity index (χ0) is 23.5. The third-order valence-electron chi connectivity index (χ3n) is 6.52. The van der Waals surface area contributed by atoms with Gasteiger partial charge in [0.15, 0.2) is 0 Å². The Morgan fingerprint density at radius 2 is 1.47 bits per heavy atom. The summed E-state index contributed by atoms with van der Waals surface area (Å²) in [6, 6.07) is 24.8. The quantitative estimate of drug-likeness (QED) is 0.334. The number of nitrogens with zero attached hydrogens (tertiary/aromatic N) is 3. The van der Waals surface area contributed by atoms with Crippen LogP contribution in [0.15, 0.2) is 79.0 Å². The van der Waals surface area contributed by atoms with Gasteiger partial charge < -0.3 is 10.2 Å². The number of hydrogen-bond acceptors (Lipinski definition) is 4. The molecule has 4 aromatic rings. The Kier molecular flexibility index (Phi) is 7.02. The molecule has 34 heavy (non-hydrogen) atoms. The van der Waals surface area contributed by atoms with Gasteiger partial charge in [0.2, 0.25) is 0 Å². The summed E-state index contributed by atoms with van der Waals surface area (Å²) < 4.78 is 0. The van der Waals surface area contributed by atoms with Gasteiger partial charge in [-0.15, -0.1) is 0 Å². The lowest BCUT2D eigenvalue weighted by Crippen LogP contribution is -2.43. The van der Waals surface area contributed by atoms with Gasteiger partial charge in [0.1, 0.15) is 0 Å². The lowest BCUT2D eigenvalue weighted by atomic mass is 9.97. The minimum absolute atomic E-state index is 0.0313. The fraction of sp³-hybridized carbons (Fsp3) is 0.250. The molecule has 1 aliphatic rings. The molecule has 174 valence electrons. The maximum Gasteiger partial charge on any atom is 0.0767 e. The molecule has 1 fully saturated rings. The lowest BCUT2D eigenvalue weighted by molar-refractivity contribution is 0.148. The topological polar surface area (TPSA) is 31.4 Å². The van der Waals surface area contributed by atoms with Gasteiger partial charge in [0.05, 0.1) is 11.6 Å². The predicted octanol–water partition coefficient (Wildman–Crippen LogP) is 6.49. The van der Waals surface area contributed by atoms with Crippen molar-refractivity contribution in [3.8, 4) is 0 Å². The number of rotatable bonds is 6. The summed E-state index contributed by atoms with van der Waals surface area (Å²) in [4.78, 5) is 9.40. The smallest absolute Gasteiger partial charge is 0.0767 e. The van der Waals surface area contributed by atoms with E-state index in [0.717, 1.165) is 59.9 Å². The SMILES string of the molecule is CN1CCN(Cc2ccc(C(Nc3ccnc4cc(Cl)ccc34)c3ccc(Cl)cc3)cc2)CC1. The van der Waals surface area contributed by atoms with E-state index in [-0.39, 0.29) is 6.04 Å². The molecular formula is C28H28Cl2N4. The first-order valence-corrected chi connectivity index (χ1v) is 12.4. The summed E-state index contributed by atoms with van der Waals surface area (Å²) in [6.45, 7) is 5.49. The number of nitrogens with one attached hydrogen (secondary N) is 1. The molecule has 0 saturated carbocycles. The number of fused-ring (bicyclic) bond motifs is 1. The minimum atomic E-state index is -0.0313. The molecule has 1 N–H and O–H groups in total. The van der Waals surface area contributed by atoms with Gasteiger partial charge in [-0.3, -0.25) is 9.88 Å². The fourth-order valence-electron chi connectivity index (χ4n) is 4.50. The minimum Gasteiger partial charge on any atom is -0.374 e. The van der Waals surface area contributed by atoms with Crippen LogP contribution in [-0.2, 0) is 6.54 Å². The Labute approximate surface area is 211 Å². The van der Waals surface area contributed by atoms with Crippen molar-refractivity contribution in [2.75, 3.05) is 38.5 Å². The van der Waals surface area contributed by atoms with E-state index < -0.39 is 0 Å². The van der Waals surface area contributed by atoms with Crippen molar-refractivity contribution >= 4 is 39.8 Å². The van der Waals surface area contributed by atoms with Crippen molar-refractivity contribution in [3.05, 3.63) is 106 Å². The molecule has 0 spiro atoms. The largest absolute Gasteiger partial charge is 0.374 e. The van der Waals surface area contributed by atoms with E-state index in [1.165, 1.54) is 11.1 Å². The van der Waals surface area contributed by atoms with Crippen molar-refractivity contribution in [3.63, 3.8) is 0 Å². The number of aromatic nitrogens is 1. The monoisotopic (exact) mass is 490 g/mol. The number of benzene rings is 3. The van der Waals surface area contributed by atoms with Gasteiger partial charge >= 0.3 is 0 Å². The highest BCUT2D eigenvalue weighted by atomic mass is 35.5. The molecule has 2 heterocycles. The van der Waals surface area contributed by atoms with E-state index in [2.05, 4.69) is 63.5 Å². The Hall–Kier alpha value is -2.63. The van der Waals surface area contributed by atoms with Gasteiger partial charge in [-0.05, 0) is 60.1 Å². The van der Waals surface area contributed by atoms with Gasteiger partial charge in [-0.25, -0.2) is 0 Å². The predicted molar refractivity (Wildman–Crippen MR) is 143 cm³/mol. The van der Waals surface area contributed by atoms with E-state index in [9.17, 15) is 0 Å². The van der Waals surface area contributed by atoms with Crippen molar-refractivity contribution in [1.29, 1.82) is 0 Å². The summed E-state index contributed by atoms with van der Waals surface area (Å²) in [5.74, 6) is 0. The Bertz CT molecular complexity index is 1250. The van der Waals surface area contributed by atoms with Crippen LogP contribution < -0.4 is 5.32 Å². The number of hydrogen-bond donors (Lipinski definition) is 1. The molecule has 1 aromatic heterocycles. The highest BCUT2D eigenvalue weighted by Gasteiger charge is 2.17. The first-order chi connectivity index (χ1) is 16.5. The number of piperazine rings is 1. The third kappa shape index (κ3) is 5.37. The fourth-order valence-corrected chi connectivity index (χ4v) is 4.79. The van der Waals surface area contributed by atoms with Crippen molar-refractivity contribution in [2.24, 2.45) is 0 Å². The average Bonchev–Trinajstić information content (AvgIpc) is 2.85. The van der Waals surface area contributed by atoms with Crippen LogP contribution >= 0.6 is 23.2 Å². The van der Waals surface area contributed by atoms with E-state index in [1.807, 2.05) is 42.6 Å². The Morgan fingerprint density at radius 3 is 2.18 bits per heavy atom. The maximum atomic E-state index is 6.20. The Balaban J connectivity index is 1.43. The van der Waals surface area contributed by atoms with Gasteiger partial charge in [0.25, 0.3) is 0 Å². The van der Waals surface area contributed by atoms with Crippen molar-refractivity contribution in [1.82, 2.24) is 14.8 Å². The molecule has 5 rings (SSSR count). The molecule has 1 unspecified atom stereocenters. The molecule has 0 radical (unpaired) electrons. The van der Waals surface area contributed by atoms with Crippen molar-refractivity contribution < 1.29 is 0 Å². The van der Waals surface area contributed by atoms with Crippen LogP contribution in [0.1, 0.15) is 22.7 Å². The standard InChI is InChI=1S/C28H28Cl2N4/c1-33-14-16-34(17-15-33)19-20-2-4-21(5-3-20)28(22-6-8-23(29)9-7-22)32-26-12-13-31-27-18-24(30)10-11-25(26)27/h2-13,18,28H,14-17,19H2,1H3,(H,31,32). The van der Waals surface area contributed by atoms with E-state index in [4.69, 9.17) is 23.2 Å². The molecule has 1 saturated heterocycles. The van der Waals surface area contributed by atoms with Crippen LogP contribution in [0.25, 0.3) is 10.9 Å². The van der Waals surface area contributed by atoms with Gasteiger partial charge in [0, 0.05) is 60.0 Å². The first-order valence-electron chi connectivity index (χ1n) is 11.6. The van der Waals surface area contributed by atoms with Crippen LogP contribution in [0, 0.1) is 0 Å². The second-order valence-electron chi connectivity index (χ2n) is 8.97. The van der Waals surface area contributed by atoms with E-state index in [0.29, 0.717) is 5.02 Å². The molecule has 1 aliphatic heterocycles. The molecule has 4 nitrogen and oxygen atoms in total. The van der Waals surface area contributed by atoms with Crippen LogP contribution in [-0.4, -0.2) is 48.0 Å². The van der Waals surface area contributed by atoms with Crippen LogP contribution in [0.2, 0.25) is 10.0 Å². The number of anilines is 1. The van der Waals surface area contributed by atoms with Crippen LogP contribution in [0.4, 0.5) is 5.69 Å².